The lowest BCUT2D eigenvalue weighted by Gasteiger charge is -2.14. The summed E-state index contributed by atoms with van der Waals surface area (Å²) in [7, 11) is 3.51. The molecule has 0 atom stereocenters. The molecule has 24 heavy (non-hydrogen) atoms. The van der Waals surface area contributed by atoms with E-state index in [-0.39, 0.29) is 24.0 Å². The van der Waals surface area contributed by atoms with Gasteiger partial charge in [0.1, 0.15) is 0 Å². The third-order valence-corrected chi connectivity index (χ3v) is 3.64. The Labute approximate surface area is 161 Å². The van der Waals surface area contributed by atoms with Crippen LogP contribution in [0, 0.1) is 0 Å². The third-order valence-electron chi connectivity index (χ3n) is 3.64. The molecule has 0 heterocycles. The van der Waals surface area contributed by atoms with E-state index in [0.29, 0.717) is 6.61 Å². The molecule has 0 saturated heterocycles. The summed E-state index contributed by atoms with van der Waals surface area (Å²) in [6.45, 7) is 2.20. The molecule has 2 aromatic carbocycles. The molecule has 4 nitrogen and oxygen atoms in total. The molecule has 2 rings (SSSR count). The fraction of sp³-hybridized carbons (Fsp3) is 0.316. The Morgan fingerprint density at radius 3 is 2.29 bits per heavy atom. The smallest absolute Gasteiger partial charge is 0.191 e. The molecule has 130 valence electrons. The molecular formula is C19H26IN3O. The highest BCUT2D eigenvalue weighted by Crippen LogP contribution is 2.09. The Kier molecular flexibility index (Phi) is 10.1. The van der Waals surface area contributed by atoms with Gasteiger partial charge < -0.3 is 15.4 Å². The summed E-state index contributed by atoms with van der Waals surface area (Å²) in [4.78, 5) is 4.27. The van der Waals surface area contributed by atoms with Crippen LogP contribution in [0.3, 0.4) is 0 Å². The topological polar surface area (TPSA) is 45.7 Å². The molecule has 0 fully saturated rings. The molecule has 0 unspecified atom stereocenters. The zero-order valence-corrected chi connectivity index (χ0v) is 16.6. The summed E-state index contributed by atoms with van der Waals surface area (Å²) in [6.07, 6.45) is 0.974. The van der Waals surface area contributed by atoms with E-state index in [1.807, 2.05) is 18.2 Å². The average molecular weight is 439 g/mol. The molecule has 0 aliphatic rings. The van der Waals surface area contributed by atoms with Crippen molar-refractivity contribution < 1.29 is 4.74 Å². The van der Waals surface area contributed by atoms with Crippen LogP contribution in [0.2, 0.25) is 0 Å². The van der Waals surface area contributed by atoms with Crippen LogP contribution in [0.25, 0.3) is 0 Å². The quantitative estimate of drug-likeness (QED) is 0.395. The van der Waals surface area contributed by atoms with Crippen LogP contribution < -0.4 is 10.6 Å². The second-order valence-electron chi connectivity index (χ2n) is 5.29. The molecule has 5 heteroatoms. The van der Waals surface area contributed by atoms with Gasteiger partial charge >= 0.3 is 0 Å². The molecule has 0 aliphatic heterocycles. The first kappa shape index (κ1) is 20.4. The molecule has 0 saturated carbocycles. The Bertz CT molecular complexity index is 617. The largest absolute Gasteiger partial charge is 0.380 e. The van der Waals surface area contributed by atoms with Crippen LogP contribution >= 0.6 is 24.0 Å². The van der Waals surface area contributed by atoms with E-state index in [1.54, 1.807) is 14.2 Å². The zero-order chi connectivity index (χ0) is 16.3. The number of guanidine groups is 1. The number of benzene rings is 2. The number of rotatable bonds is 7. The van der Waals surface area contributed by atoms with E-state index in [9.17, 15) is 0 Å². The molecular weight excluding hydrogens is 413 g/mol. The van der Waals surface area contributed by atoms with Gasteiger partial charge in [0.15, 0.2) is 5.96 Å². The predicted octanol–water partition coefficient (Wildman–Crippen LogP) is 3.36. The van der Waals surface area contributed by atoms with Crippen molar-refractivity contribution >= 4 is 29.9 Å². The van der Waals surface area contributed by atoms with E-state index in [1.165, 1.54) is 16.7 Å². The van der Waals surface area contributed by atoms with Crippen molar-refractivity contribution in [3.63, 3.8) is 0 Å². The van der Waals surface area contributed by atoms with Crippen molar-refractivity contribution in [2.45, 2.75) is 19.6 Å². The Balaban J connectivity index is 0.00000288. The van der Waals surface area contributed by atoms with Crippen molar-refractivity contribution in [3.05, 3.63) is 71.3 Å². The Morgan fingerprint density at radius 1 is 0.958 bits per heavy atom. The van der Waals surface area contributed by atoms with Crippen LogP contribution in [-0.2, 0) is 24.3 Å². The fourth-order valence-electron chi connectivity index (χ4n) is 2.40. The molecule has 0 aromatic heterocycles. The highest BCUT2D eigenvalue weighted by Gasteiger charge is 2.03. The second kappa shape index (κ2) is 11.9. The van der Waals surface area contributed by atoms with Crippen molar-refractivity contribution in [2.75, 3.05) is 20.7 Å². The van der Waals surface area contributed by atoms with Gasteiger partial charge in [-0.2, -0.15) is 0 Å². The number of hydrogen-bond acceptors (Lipinski definition) is 2. The Hall–Kier alpha value is -1.60. The molecule has 0 bridgehead atoms. The van der Waals surface area contributed by atoms with Gasteiger partial charge in [-0.05, 0) is 23.1 Å². The number of aliphatic imine (C=N–C) groups is 1. The average Bonchev–Trinajstić information content (AvgIpc) is 2.60. The van der Waals surface area contributed by atoms with E-state index in [0.717, 1.165) is 25.5 Å². The summed E-state index contributed by atoms with van der Waals surface area (Å²) in [5.74, 6) is 0.813. The molecule has 0 spiro atoms. The maximum absolute atomic E-state index is 5.24. The summed E-state index contributed by atoms with van der Waals surface area (Å²) in [5, 5.41) is 6.70. The van der Waals surface area contributed by atoms with Gasteiger partial charge in [-0.25, -0.2) is 0 Å². The minimum Gasteiger partial charge on any atom is -0.380 e. The summed E-state index contributed by atoms with van der Waals surface area (Å²) in [6, 6.07) is 18.7. The van der Waals surface area contributed by atoms with Crippen LogP contribution in [0.1, 0.15) is 16.7 Å². The number of ether oxygens (including phenoxy) is 1. The van der Waals surface area contributed by atoms with Crippen molar-refractivity contribution in [1.29, 1.82) is 0 Å². The predicted molar refractivity (Wildman–Crippen MR) is 111 cm³/mol. The van der Waals surface area contributed by atoms with E-state index < -0.39 is 0 Å². The van der Waals surface area contributed by atoms with Crippen molar-refractivity contribution in [1.82, 2.24) is 10.6 Å². The first-order valence-corrected chi connectivity index (χ1v) is 7.87. The summed E-state index contributed by atoms with van der Waals surface area (Å²) in [5.41, 5.74) is 3.74. The lowest BCUT2D eigenvalue weighted by molar-refractivity contribution is 0.184. The Morgan fingerprint density at radius 2 is 1.62 bits per heavy atom. The number of halogens is 1. The first-order chi connectivity index (χ1) is 11.3. The maximum Gasteiger partial charge on any atom is 0.191 e. The van der Waals surface area contributed by atoms with Gasteiger partial charge in [0.05, 0.1) is 6.61 Å². The van der Waals surface area contributed by atoms with Crippen LogP contribution in [0.5, 0.6) is 0 Å². The van der Waals surface area contributed by atoms with Gasteiger partial charge in [-0.1, -0.05) is 54.6 Å². The van der Waals surface area contributed by atoms with Crippen molar-refractivity contribution in [3.8, 4) is 0 Å². The first-order valence-electron chi connectivity index (χ1n) is 7.87. The van der Waals surface area contributed by atoms with Crippen LogP contribution in [0.15, 0.2) is 59.6 Å². The number of methoxy groups -OCH3 is 1. The number of nitrogens with one attached hydrogen (secondary N) is 2. The minimum absolute atomic E-state index is 0. The SMILES string of the molecule is CN=C(NCCc1ccccc1)NCc1ccccc1COC.I. The van der Waals surface area contributed by atoms with Gasteiger partial charge in [-0.15, -0.1) is 24.0 Å². The number of hydrogen-bond donors (Lipinski definition) is 2. The third kappa shape index (κ3) is 6.88. The van der Waals surface area contributed by atoms with Crippen molar-refractivity contribution in [2.24, 2.45) is 4.99 Å². The standard InChI is InChI=1S/C19H25N3O.HI/c1-20-19(21-13-12-16-8-4-3-5-9-16)22-14-17-10-6-7-11-18(17)15-23-2;/h3-11H,12-15H2,1-2H3,(H2,20,21,22);1H. The summed E-state index contributed by atoms with van der Waals surface area (Å²) >= 11 is 0. The van der Waals surface area contributed by atoms with Crippen LogP contribution in [0.4, 0.5) is 0 Å². The highest BCUT2D eigenvalue weighted by molar-refractivity contribution is 14.0. The maximum atomic E-state index is 5.24. The van der Waals surface area contributed by atoms with Gasteiger partial charge in [0.2, 0.25) is 0 Å². The molecule has 0 radical (unpaired) electrons. The monoisotopic (exact) mass is 439 g/mol. The molecule has 2 aromatic rings. The lowest BCUT2D eigenvalue weighted by atomic mass is 10.1. The lowest BCUT2D eigenvalue weighted by Crippen LogP contribution is -2.38. The van der Waals surface area contributed by atoms with Crippen LogP contribution in [-0.4, -0.2) is 26.7 Å². The normalized spacial score (nSPS) is 10.8. The second-order valence-corrected chi connectivity index (χ2v) is 5.29. The van der Waals surface area contributed by atoms with E-state index in [4.69, 9.17) is 4.74 Å². The molecule has 2 N–H and O–H groups in total. The molecule has 0 aliphatic carbocycles. The highest BCUT2D eigenvalue weighted by atomic mass is 127. The fourth-order valence-corrected chi connectivity index (χ4v) is 2.40. The zero-order valence-electron chi connectivity index (χ0n) is 14.3. The molecule has 0 amide bonds. The van der Waals surface area contributed by atoms with Gasteiger partial charge in [0, 0.05) is 27.2 Å². The summed E-state index contributed by atoms with van der Waals surface area (Å²) < 4.78 is 5.24. The van der Waals surface area contributed by atoms with E-state index >= 15 is 0 Å². The van der Waals surface area contributed by atoms with Gasteiger partial charge in [-0.3, -0.25) is 4.99 Å². The minimum atomic E-state index is 0. The van der Waals surface area contributed by atoms with Gasteiger partial charge in [0.25, 0.3) is 0 Å². The van der Waals surface area contributed by atoms with E-state index in [2.05, 4.69) is 52.0 Å². The number of nitrogens with zero attached hydrogens (tertiary/aromatic N) is 1.